The van der Waals surface area contributed by atoms with Crippen LogP contribution in [0, 0.1) is 11.3 Å². The number of hydrogen-bond acceptors (Lipinski definition) is 6. The van der Waals surface area contributed by atoms with E-state index in [0.29, 0.717) is 31.9 Å². The van der Waals surface area contributed by atoms with Gasteiger partial charge in [-0.25, -0.2) is 4.98 Å². The van der Waals surface area contributed by atoms with Crippen LogP contribution in [0.4, 0.5) is 11.5 Å². The molecule has 0 aliphatic heterocycles. The van der Waals surface area contributed by atoms with Gasteiger partial charge < -0.3 is 10.8 Å². The van der Waals surface area contributed by atoms with E-state index >= 15 is 0 Å². The molecule has 0 spiro atoms. The second-order valence-electron chi connectivity index (χ2n) is 6.45. The molecule has 0 bridgehead atoms. The number of pyridine rings is 1. The van der Waals surface area contributed by atoms with Crippen LogP contribution >= 0.6 is 34.5 Å². The molecule has 2 heterocycles. The van der Waals surface area contributed by atoms with E-state index in [1.54, 1.807) is 24.3 Å². The Hall–Kier alpha value is -3.31. The van der Waals surface area contributed by atoms with Gasteiger partial charge in [-0.05, 0) is 35.9 Å². The summed E-state index contributed by atoms with van der Waals surface area (Å²) in [5, 5.41) is 20.4. The van der Waals surface area contributed by atoms with E-state index in [2.05, 4.69) is 11.1 Å². The zero-order valence-corrected chi connectivity index (χ0v) is 17.5. The van der Waals surface area contributed by atoms with Crippen molar-refractivity contribution in [3.8, 4) is 22.9 Å². The summed E-state index contributed by atoms with van der Waals surface area (Å²) in [5.41, 5.74) is 14.4. The Morgan fingerprint density at radius 3 is 2.43 bits per heavy atom. The van der Waals surface area contributed by atoms with Gasteiger partial charge in [-0.15, -0.1) is 0 Å². The van der Waals surface area contributed by atoms with Gasteiger partial charge >= 0.3 is 0 Å². The minimum atomic E-state index is -0.325. The number of benzene rings is 2. The maximum Gasteiger partial charge on any atom is 0.290 e. The van der Waals surface area contributed by atoms with Gasteiger partial charge in [0, 0.05) is 11.1 Å². The van der Waals surface area contributed by atoms with Crippen LogP contribution in [0.1, 0.15) is 20.8 Å². The highest BCUT2D eigenvalue weighted by atomic mass is 35.5. The molecular formula is C21H13Cl2N4O2S+. The lowest BCUT2D eigenvalue weighted by Gasteiger charge is -2.07. The zero-order chi connectivity index (χ0) is 21.6. The second-order valence-corrected chi connectivity index (χ2v) is 8.29. The van der Waals surface area contributed by atoms with Crippen molar-refractivity contribution in [3.63, 3.8) is 0 Å². The second kappa shape index (κ2) is 7.50. The van der Waals surface area contributed by atoms with Crippen molar-refractivity contribution < 1.29 is 14.9 Å². The molecule has 0 unspecified atom stereocenters. The largest absolute Gasteiger partial charge is 0.508 e. The first-order valence-corrected chi connectivity index (χ1v) is 10.1. The number of aromatic nitrogens is 1. The maximum atomic E-state index is 13.1. The molecule has 4 rings (SSSR count). The van der Waals surface area contributed by atoms with Crippen LogP contribution in [0.5, 0.6) is 5.75 Å². The average Bonchev–Trinajstić information content (AvgIpc) is 3.05. The number of aromatic amines is 1. The van der Waals surface area contributed by atoms with Crippen molar-refractivity contribution >= 4 is 62.0 Å². The summed E-state index contributed by atoms with van der Waals surface area (Å²) in [6.45, 7) is 0. The molecule has 148 valence electrons. The maximum absolute atomic E-state index is 13.1. The summed E-state index contributed by atoms with van der Waals surface area (Å²) < 4.78 is 0. The number of carbonyl (C=O) groups is 1. The Morgan fingerprint density at radius 2 is 1.80 bits per heavy atom. The molecular weight excluding hydrogens is 443 g/mol. The predicted molar refractivity (Wildman–Crippen MR) is 119 cm³/mol. The lowest BCUT2D eigenvalue weighted by atomic mass is 9.96. The molecule has 4 aromatic rings. The van der Waals surface area contributed by atoms with E-state index in [1.807, 2.05) is 0 Å². The van der Waals surface area contributed by atoms with Crippen LogP contribution in [-0.2, 0) is 0 Å². The Morgan fingerprint density at radius 1 is 1.10 bits per heavy atom. The summed E-state index contributed by atoms with van der Waals surface area (Å²) in [5.74, 6) is -0.0880. The number of fused-ring (bicyclic) bond motifs is 1. The van der Waals surface area contributed by atoms with Crippen LogP contribution < -0.4 is 16.5 Å². The van der Waals surface area contributed by atoms with Gasteiger partial charge in [0.15, 0.2) is 4.83 Å². The summed E-state index contributed by atoms with van der Waals surface area (Å²) >= 11 is 13.1. The highest BCUT2D eigenvalue weighted by Crippen LogP contribution is 2.42. The minimum Gasteiger partial charge on any atom is -0.508 e. The van der Waals surface area contributed by atoms with Gasteiger partial charge in [-0.3, -0.25) is 10.5 Å². The predicted octanol–water partition coefficient (Wildman–Crippen LogP) is 4.66. The Labute approximate surface area is 184 Å². The number of phenolic OH excluding ortho intramolecular Hbond substituents is 1. The first-order chi connectivity index (χ1) is 14.3. The highest BCUT2D eigenvalue weighted by molar-refractivity contribution is 7.21. The molecule has 0 saturated carbocycles. The van der Waals surface area contributed by atoms with Crippen molar-refractivity contribution in [1.82, 2.24) is 0 Å². The molecule has 2 aromatic carbocycles. The molecule has 0 saturated heterocycles. The summed E-state index contributed by atoms with van der Waals surface area (Å²) in [7, 11) is 0. The molecule has 6 N–H and O–H groups in total. The highest BCUT2D eigenvalue weighted by Gasteiger charge is 2.27. The van der Waals surface area contributed by atoms with E-state index in [0.717, 1.165) is 11.3 Å². The van der Waals surface area contributed by atoms with Crippen LogP contribution in [0.15, 0.2) is 42.5 Å². The fourth-order valence-corrected chi connectivity index (χ4v) is 4.59. The van der Waals surface area contributed by atoms with Gasteiger partial charge in [0.2, 0.25) is 5.78 Å². The normalized spacial score (nSPS) is 10.8. The fourth-order valence-electron chi connectivity index (χ4n) is 3.19. The van der Waals surface area contributed by atoms with E-state index in [4.69, 9.17) is 34.7 Å². The third-order valence-electron chi connectivity index (χ3n) is 4.62. The number of thiophene rings is 1. The number of nitrogens with two attached hydrogens (primary N) is 2. The van der Waals surface area contributed by atoms with E-state index in [-0.39, 0.29) is 38.5 Å². The number of rotatable bonds is 3. The van der Waals surface area contributed by atoms with Crippen LogP contribution in [-0.4, -0.2) is 10.9 Å². The fraction of sp³-hybridized carbons (Fsp3) is 0. The molecule has 2 aromatic heterocycles. The third-order valence-corrected chi connectivity index (χ3v) is 6.48. The van der Waals surface area contributed by atoms with E-state index in [9.17, 15) is 15.2 Å². The van der Waals surface area contributed by atoms with Crippen LogP contribution in [0.3, 0.4) is 0 Å². The minimum absolute atomic E-state index is 0.0812. The lowest BCUT2D eigenvalue weighted by Crippen LogP contribution is -2.13. The number of nitriles is 1. The molecule has 0 fully saturated rings. The van der Waals surface area contributed by atoms with E-state index in [1.165, 1.54) is 18.2 Å². The number of ketones is 1. The quantitative estimate of drug-likeness (QED) is 0.387. The van der Waals surface area contributed by atoms with Crippen molar-refractivity contribution in [3.05, 3.63) is 68.5 Å². The van der Waals surface area contributed by atoms with Crippen molar-refractivity contribution in [2.45, 2.75) is 0 Å². The number of hydrogen-bond donors (Lipinski definition) is 3. The SMILES string of the molecule is N#Cc1c(N)[nH+]c2sc(C(=O)c3ccc(Cl)c(Cl)c3)c(N)c2c1-c1ccc(O)cc1. The zero-order valence-electron chi connectivity index (χ0n) is 15.2. The number of phenols is 1. The van der Waals surface area contributed by atoms with Gasteiger partial charge in [0.25, 0.3) is 5.82 Å². The molecule has 0 atom stereocenters. The van der Waals surface area contributed by atoms with Crippen molar-refractivity contribution in [2.75, 3.05) is 11.5 Å². The van der Waals surface area contributed by atoms with E-state index < -0.39 is 0 Å². The number of aromatic hydroxyl groups is 1. The van der Waals surface area contributed by atoms with Crippen molar-refractivity contribution in [2.24, 2.45) is 0 Å². The van der Waals surface area contributed by atoms with Gasteiger partial charge in [0.1, 0.15) is 22.3 Å². The van der Waals surface area contributed by atoms with Gasteiger partial charge in [-0.2, -0.15) is 5.26 Å². The molecule has 6 nitrogen and oxygen atoms in total. The molecule has 0 amide bonds. The Balaban J connectivity index is 1.99. The molecule has 0 aliphatic rings. The first-order valence-electron chi connectivity index (χ1n) is 8.57. The number of halogens is 2. The topological polar surface area (TPSA) is 127 Å². The monoisotopic (exact) mass is 455 g/mol. The summed E-state index contributed by atoms with van der Waals surface area (Å²) in [6.07, 6.45) is 0. The Kier molecular flexibility index (Phi) is 5.00. The van der Waals surface area contributed by atoms with Gasteiger partial charge in [-0.1, -0.05) is 46.7 Å². The number of anilines is 2. The third kappa shape index (κ3) is 3.21. The number of carbonyl (C=O) groups excluding carboxylic acids is 1. The molecule has 9 heteroatoms. The smallest absolute Gasteiger partial charge is 0.290 e. The number of nitrogen functional groups attached to an aromatic ring is 2. The van der Waals surface area contributed by atoms with Crippen LogP contribution in [0.25, 0.3) is 21.3 Å². The average molecular weight is 456 g/mol. The number of nitrogens with zero attached hydrogens (tertiary/aromatic N) is 1. The van der Waals surface area contributed by atoms with Gasteiger partial charge in [0.05, 0.1) is 21.1 Å². The molecule has 30 heavy (non-hydrogen) atoms. The summed E-state index contributed by atoms with van der Waals surface area (Å²) in [4.78, 5) is 16.9. The lowest BCUT2D eigenvalue weighted by molar-refractivity contribution is -0.323. The molecule has 0 aliphatic carbocycles. The number of H-pyrrole nitrogens is 1. The van der Waals surface area contributed by atoms with Crippen LogP contribution in [0.2, 0.25) is 10.0 Å². The summed E-state index contributed by atoms with van der Waals surface area (Å²) in [6, 6.07) is 13.0. The van der Waals surface area contributed by atoms with Crippen molar-refractivity contribution in [1.29, 1.82) is 5.26 Å². The molecule has 0 radical (unpaired) electrons. The number of nitrogens with one attached hydrogen (secondary N) is 1. The standard InChI is InChI=1S/C21H12Cl2N4O2S/c22-13-6-3-10(7-14(13)23)18(29)19-17(25)16-15(9-1-4-11(28)5-2-9)12(8-24)20(26)27-21(16)30-19/h1-7,28H,25H2,(H2,26,27)/p+1. The Bertz CT molecular complexity index is 1380. The first kappa shape index (κ1) is 20.0.